The molecule has 2 aromatic rings. The predicted molar refractivity (Wildman–Crippen MR) is 124 cm³/mol. The van der Waals surface area contributed by atoms with E-state index in [9.17, 15) is 13.5 Å². The Hall–Kier alpha value is -1.95. The first-order valence-corrected chi connectivity index (χ1v) is 12.6. The summed E-state index contributed by atoms with van der Waals surface area (Å²) in [4.78, 5) is 0.360. The van der Waals surface area contributed by atoms with E-state index in [1.54, 1.807) is 16.4 Å². The summed E-state index contributed by atoms with van der Waals surface area (Å²) >= 11 is 0. The van der Waals surface area contributed by atoms with E-state index in [1.807, 2.05) is 36.4 Å². The number of aliphatic hydroxyl groups excluding tert-OH is 1. The van der Waals surface area contributed by atoms with Crippen LogP contribution in [0.5, 0.6) is 0 Å². The highest BCUT2D eigenvalue weighted by Crippen LogP contribution is 2.46. The Morgan fingerprint density at radius 2 is 1.74 bits per heavy atom. The zero-order valence-electron chi connectivity index (χ0n) is 18.7. The Balaban J connectivity index is 1.65. The third kappa shape index (κ3) is 4.50. The van der Waals surface area contributed by atoms with Crippen molar-refractivity contribution in [3.05, 3.63) is 77.4 Å². The highest BCUT2D eigenvalue weighted by Gasteiger charge is 2.45. The molecule has 2 atom stereocenters. The van der Waals surface area contributed by atoms with Gasteiger partial charge in [-0.05, 0) is 54.4 Å². The summed E-state index contributed by atoms with van der Waals surface area (Å²) in [6.07, 6.45) is 4.49. The van der Waals surface area contributed by atoms with Gasteiger partial charge in [0.15, 0.2) is 0 Å². The molecule has 0 amide bonds. The molecular formula is C26H33NO3S. The molecule has 1 fully saturated rings. The van der Waals surface area contributed by atoms with Gasteiger partial charge in [-0.3, -0.25) is 0 Å². The molecular weight excluding hydrogens is 406 g/mol. The fourth-order valence-electron chi connectivity index (χ4n) is 4.99. The van der Waals surface area contributed by atoms with E-state index in [2.05, 4.69) is 32.9 Å². The number of fused-ring (bicyclic) bond motifs is 1. The quantitative estimate of drug-likeness (QED) is 0.703. The molecule has 4 nitrogen and oxygen atoms in total. The van der Waals surface area contributed by atoms with Gasteiger partial charge in [-0.25, -0.2) is 8.42 Å². The molecule has 0 aromatic heterocycles. The molecule has 2 unspecified atom stereocenters. The second-order valence-corrected chi connectivity index (χ2v) is 12.0. The van der Waals surface area contributed by atoms with Crippen LogP contribution in [-0.4, -0.2) is 37.0 Å². The van der Waals surface area contributed by atoms with Gasteiger partial charge in [-0.15, -0.1) is 0 Å². The van der Waals surface area contributed by atoms with Gasteiger partial charge in [-0.2, -0.15) is 4.31 Å². The third-order valence-electron chi connectivity index (χ3n) is 6.85. The van der Waals surface area contributed by atoms with E-state index >= 15 is 0 Å². The van der Waals surface area contributed by atoms with Crippen LogP contribution in [0.1, 0.15) is 51.2 Å². The Bertz CT molecular complexity index is 1050. The topological polar surface area (TPSA) is 57.6 Å². The summed E-state index contributed by atoms with van der Waals surface area (Å²) in [7, 11) is -3.58. The Kier molecular flexibility index (Phi) is 5.88. The molecule has 1 saturated heterocycles. The van der Waals surface area contributed by atoms with Crippen LogP contribution >= 0.6 is 0 Å². The standard InChI is InChI=1S/C26H33NO3S/c1-25(2,3)21-9-11-24(12-10-21)31(29,30)27-16-14-22-17-23(28)13-15-26(22,19-27)18-20-7-5-4-6-8-20/h4-12,17,23,28H,13-16,18-19H2,1-3H3. The SMILES string of the molecule is CC(C)(C)c1ccc(S(=O)(=O)N2CCC3=CC(O)CCC3(Cc3ccccc3)C2)cc1. The largest absolute Gasteiger partial charge is 0.389 e. The summed E-state index contributed by atoms with van der Waals surface area (Å²) in [5, 5.41) is 10.2. The molecule has 1 aliphatic heterocycles. The minimum absolute atomic E-state index is 0.0181. The highest BCUT2D eigenvalue weighted by atomic mass is 32.2. The van der Waals surface area contributed by atoms with Crippen molar-refractivity contribution in [2.24, 2.45) is 5.41 Å². The van der Waals surface area contributed by atoms with Gasteiger partial charge in [0.25, 0.3) is 0 Å². The molecule has 1 N–H and O–H groups in total. The van der Waals surface area contributed by atoms with Crippen molar-refractivity contribution in [1.82, 2.24) is 4.31 Å². The minimum Gasteiger partial charge on any atom is -0.389 e. The maximum atomic E-state index is 13.5. The lowest BCUT2D eigenvalue weighted by Gasteiger charge is -2.47. The van der Waals surface area contributed by atoms with E-state index in [4.69, 9.17) is 0 Å². The predicted octanol–water partition coefficient (Wildman–Crippen LogP) is 4.69. The first-order valence-electron chi connectivity index (χ1n) is 11.1. The monoisotopic (exact) mass is 439 g/mol. The number of hydrogen-bond acceptors (Lipinski definition) is 3. The fraction of sp³-hybridized carbons (Fsp3) is 0.462. The molecule has 166 valence electrons. The summed E-state index contributed by atoms with van der Waals surface area (Å²) < 4.78 is 28.7. The van der Waals surface area contributed by atoms with Crippen LogP contribution < -0.4 is 0 Å². The number of nitrogens with zero attached hydrogens (tertiary/aromatic N) is 1. The molecule has 1 heterocycles. The van der Waals surface area contributed by atoms with Crippen LogP contribution in [0.15, 0.2) is 71.1 Å². The van der Waals surface area contributed by atoms with Crippen LogP contribution in [0, 0.1) is 5.41 Å². The normalized spacial score (nSPS) is 25.0. The summed E-state index contributed by atoms with van der Waals surface area (Å²) in [6, 6.07) is 17.6. The van der Waals surface area contributed by atoms with Crippen molar-refractivity contribution in [3.8, 4) is 0 Å². The van der Waals surface area contributed by atoms with E-state index < -0.39 is 16.1 Å². The minimum atomic E-state index is -3.58. The fourth-order valence-corrected chi connectivity index (χ4v) is 6.52. The van der Waals surface area contributed by atoms with Crippen molar-refractivity contribution >= 4 is 10.0 Å². The van der Waals surface area contributed by atoms with Gasteiger partial charge in [-0.1, -0.05) is 74.9 Å². The summed E-state index contributed by atoms with van der Waals surface area (Å²) in [6.45, 7) is 7.29. The number of sulfonamides is 1. The lowest BCUT2D eigenvalue weighted by atomic mass is 9.66. The van der Waals surface area contributed by atoms with Crippen molar-refractivity contribution in [2.45, 2.75) is 62.9 Å². The molecule has 2 aromatic carbocycles. The van der Waals surface area contributed by atoms with Gasteiger partial charge in [0.2, 0.25) is 10.0 Å². The Labute approximate surface area is 186 Å². The molecule has 1 aliphatic carbocycles. The second-order valence-electron chi connectivity index (χ2n) is 10.1. The average Bonchev–Trinajstić information content (AvgIpc) is 2.74. The Morgan fingerprint density at radius 3 is 2.39 bits per heavy atom. The molecule has 4 rings (SSSR count). The highest BCUT2D eigenvalue weighted by molar-refractivity contribution is 7.89. The van der Waals surface area contributed by atoms with Crippen molar-refractivity contribution in [1.29, 1.82) is 0 Å². The van der Waals surface area contributed by atoms with Crippen molar-refractivity contribution in [2.75, 3.05) is 13.1 Å². The molecule has 0 radical (unpaired) electrons. The van der Waals surface area contributed by atoms with Gasteiger partial charge in [0.05, 0.1) is 11.0 Å². The molecule has 5 heteroatoms. The summed E-state index contributed by atoms with van der Waals surface area (Å²) in [5.41, 5.74) is 3.27. The van der Waals surface area contributed by atoms with Crippen LogP contribution in [-0.2, 0) is 21.9 Å². The molecule has 0 spiro atoms. The van der Waals surface area contributed by atoms with Crippen LogP contribution in [0.25, 0.3) is 0 Å². The lowest BCUT2D eigenvalue weighted by Crippen LogP contribution is -2.50. The average molecular weight is 440 g/mol. The number of rotatable bonds is 4. The zero-order chi connectivity index (χ0) is 22.3. The first-order chi connectivity index (χ1) is 14.6. The number of piperidine rings is 1. The van der Waals surface area contributed by atoms with Crippen molar-refractivity contribution < 1.29 is 13.5 Å². The van der Waals surface area contributed by atoms with Gasteiger partial charge < -0.3 is 5.11 Å². The van der Waals surface area contributed by atoms with Crippen LogP contribution in [0.4, 0.5) is 0 Å². The molecule has 2 aliphatic rings. The van der Waals surface area contributed by atoms with E-state index in [1.165, 1.54) is 11.1 Å². The van der Waals surface area contributed by atoms with E-state index in [-0.39, 0.29) is 10.8 Å². The van der Waals surface area contributed by atoms with Crippen molar-refractivity contribution in [3.63, 3.8) is 0 Å². The zero-order valence-corrected chi connectivity index (χ0v) is 19.5. The van der Waals surface area contributed by atoms with E-state index in [0.29, 0.717) is 30.8 Å². The molecule has 0 bridgehead atoms. The lowest BCUT2D eigenvalue weighted by molar-refractivity contribution is 0.126. The van der Waals surface area contributed by atoms with E-state index in [0.717, 1.165) is 18.4 Å². The van der Waals surface area contributed by atoms with Gasteiger partial charge >= 0.3 is 0 Å². The van der Waals surface area contributed by atoms with Crippen LogP contribution in [0.2, 0.25) is 0 Å². The number of aliphatic hydroxyl groups is 1. The van der Waals surface area contributed by atoms with Gasteiger partial charge in [0.1, 0.15) is 0 Å². The number of benzene rings is 2. The molecule has 31 heavy (non-hydrogen) atoms. The molecule has 0 saturated carbocycles. The maximum absolute atomic E-state index is 13.5. The second kappa shape index (κ2) is 8.19. The first kappa shape index (κ1) is 22.3. The summed E-state index contributed by atoms with van der Waals surface area (Å²) in [5.74, 6) is 0. The van der Waals surface area contributed by atoms with Gasteiger partial charge in [0, 0.05) is 18.5 Å². The number of hydrogen-bond donors (Lipinski definition) is 1. The van der Waals surface area contributed by atoms with Crippen LogP contribution in [0.3, 0.4) is 0 Å². The maximum Gasteiger partial charge on any atom is 0.243 e. The Morgan fingerprint density at radius 1 is 1.06 bits per heavy atom. The third-order valence-corrected chi connectivity index (χ3v) is 8.71. The smallest absolute Gasteiger partial charge is 0.243 e.